The molecule has 2 atom stereocenters. The van der Waals surface area contributed by atoms with Crippen molar-refractivity contribution in [2.24, 2.45) is 5.92 Å². The normalized spacial score (nSPS) is 13.3. The Morgan fingerprint density at radius 3 is 2.62 bits per heavy atom. The van der Waals surface area contributed by atoms with Crippen LogP contribution in [-0.4, -0.2) is 0 Å². The second-order valence-electron chi connectivity index (χ2n) is 3.55. The Labute approximate surface area is 85.9 Å². The lowest BCUT2D eigenvalue weighted by Gasteiger charge is -2.19. The van der Waals surface area contributed by atoms with E-state index in [0.717, 1.165) is 11.4 Å². The molecular formula is C12H16Cl. The number of hydrogen-bond acceptors (Lipinski definition) is 0. The molecule has 1 heteroatoms. The van der Waals surface area contributed by atoms with Gasteiger partial charge >= 0.3 is 0 Å². The topological polar surface area (TPSA) is 0 Å². The summed E-state index contributed by atoms with van der Waals surface area (Å²) in [4.78, 5) is 0. The highest BCUT2D eigenvalue weighted by atomic mass is 35.5. The van der Waals surface area contributed by atoms with Crippen LogP contribution in [0, 0.1) is 12.8 Å². The van der Waals surface area contributed by atoms with Gasteiger partial charge in [-0.05, 0) is 42.9 Å². The lowest BCUT2D eigenvalue weighted by molar-refractivity contribution is 0.528. The summed E-state index contributed by atoms with van der Waals surface area (Å²) in [7, 11) is 0. The van der Waals surface area contributed by atoms with Crippen LogP contribution in [0.25, 0.3) is 0 Å². The molecule has 0 amide bonds. The van der Waals surface area contributed by atoms with Crippen LogP contribution in [0.5, 0.6) is 0 Å². The summed E-state index contributed by atoms with van der Waals surface area (Å²) in [5.41, 5.74) is 1.30. The van der Waals surface area contributed by atoms with E-state index in [1.54, 1.807) is 0 Å². The van der Waals surface area contributed by atoms with Crippen molar-refractivity contribution in [3.63, 3.8) is 0 Å². The van der Waals surface area contributed by atoms with Crippen molar-refractivity contribution < 1.29 is 0 Å². The van der Waals surface area contributed by atoms with Gasteiger partial charge in [-0.15, -0.1) is 0 Å². The maximum Gasteiger partial charge on any atom is 0.0408 e. The molecule has 0 aromatic heterocycles. The van der Waals surface area contributed by atoms with Gasteiger partial charge in [-0.1, -0.05) is 37.6 Å². The highest BCUT2D eigenvalue weighted by Gasteiger charge is 2.13. The Morgan fingerprint density at radius 2 is 2.15 bits per heavy atom. The van der Waals surface area contributed by atoms with Crippen LogP contribution in [0.2, 0.25) is 5.02 Å². The van der Waals surface area contributed by atoms with Gasteiger partial charge in [0.2, 0.25) is 0 Å². The first-order valence-electron chi connectivity index (χ1n) is 4.73. The van der Waals surface area contributed by atoms with Crippen molar-refractivity contribution >= 4 is 11.6 Å². The molecule has 0 saturated heterocycles. The molecule has 71 valence electrons. The smallest absolute Gasteiger partial charge is 0.0408 e. The van der Waals surface area contributed by atoms with E-state index in [0.29, 0.717) is 11.8 Å². The summed E-state index contributed by atoms with van der Waals surface area (Å²) in [6.45, 7) is 8.41. The molecule has 1 aromatic carbocycles. The number of hydrogen-bond donors (Lipinski definition) is 0. The van der Waals surface area contributed by atoms with Gasteiger partial charge in [-0.2, -0.15) is 0 Å². The summed E-state index contributed by atoms with van der Waals surface area (Å²) < 4.78 is 0. The van der Waals surface area contributed by atoms with Crippen molar-refractivity contribution in [3.05, 3.63) is 41.8 Å². The van der Waals surface area contributed by atoms with Crippen molar-refractivity contribution in [2.75, 3.05) is 0 Å². The summed E-state index contributed by atoms with van der Waals surface area (Å²) >= 11 is 5.93. The molecule has 0 spiro atoms. The predicted octanol–water partition coefficient (Wildman–Crippen LogP) is 4.30. The van der Waals surface area contributed by atoms with Crippen molar-refractivity contribution in [3.8, 4) is 0 Å². The summed E-state index contributed by atoms with van der Waals surface area (Å²) in [6, 6.07) is 8.08. The second-order valence-corrected chi connectivity index (χ2v) is 3.98. The number of benzene rings is 1. The Morgan fingerprint density at radius 1 is 1.46 bits per heavy atom. The molecule has 0 aliphatic carbocycles. The average molecular weight is 196 g/mol. The van der Waals surface area contributed by atoms with E-state index in [-0.39, 0.29) is 0 Å². The summed E-state index contributed by atoms with van der Waals surface area (Å²) in [5.74, 6) is 0.960. The fourth-order valence-electron chi connectivity index (χ4n) is 1.70. The summed E-state index contributed by atoms with van der Waals surface area (Å²) in [5, 5.41) is 0.816. The highest BCUT2D eigenvalue weighted by Crippen LogP contribution is 2.28. The lowest BCUT2D eigenvalue weighted by Crippen LogP contribution is -2.05. The molecule has 0 aliphatic rings. The van der Waals surface area contributed by atoms with Crippen molar-refractivity contribution in [1.82, 2.24) is 0 Å². The van der Waals surface area contributed by atoms with E-state index in [1.807, 2.05) is 18.2 Å². The SMILES string of the molecule is [CH2]C(C)C(CC)c1cccc(Cl)c1. The van der Waals surface area contributed by atoms with E-state index in [4.69, 9.17) is 11.6 Å². The zero-order valence-corrected chi connectivity index (χ0v) is 9.01. The standard InChI is InChI=1S/C12H16Cl/c1-4-12(9(2)3)10-6-5-7-11(13)8-10/h5-9,12H,2,4H2,1,3H3. The van der Waals surface area contributed by atoms with Crippen LogP contribution in [0.4, 0.5) is 0 Å². The Hall–Kier alpha value is -0.490. The maximum atomic E-state index is 5.93. The quantitative estimate of drug-likeness (QED) is 0.675. The van der Waals surface area contributed by atoms with E-state index < -0.39 is 0 Å². The molecule has 1 rings (SSSR count). The molecule has 1 aromatic rings. The predicted molar refractivity (Wildman–Crippen MR) is 59.0 cm³/mol. The van der Waals surface area contributed by atoms with Gasteiger partial charge < -0.3 is 0 Å². The largest absolute Gasteiger partial charge is 0.0843 e. The van der Waals surface area contributed by atoms with Gasteiger partial charge in [-0.3, -0.25) is 0 Å². The van der Waals surface area contributed by atoms with Gasteiger partial charge in [0.25, 0.3) is 0 Å². The Bertz CT molecular complexity index is 266. The van der Waals surface area contributed by atoms with E-state index in [1.165, 1.54) is 5.56 Å². The lowest BCUT2D eigenvalue weighted by atomic mass is 9.86. The third kappa shape index (κ3) is 2.73. The number of rotatable bonds is 3. The van der Waals surface area contributed by atoms with Crippen molar-refractivity contribution in [1.29, 1.82) is 0 Å². The minimum absolute atomic E-state index is 0.434. The van der Waals surface area contributed by atoms with Gasteiger partial charge in [0.1, 0.15) is 0 Å². The minimum atomic E-state index is 0.434. The Kier molecular flexibility index (Phi) is 3.80. The molecule has 13 heavy (non-hydrogen) atoms. The molecule has 0 aliphatic heterocycles. The monoisotopic (exact) mass is 195 g/mol. The van der Waals surface area contributed by atoms with Crippen LogP contribution < -0.4 is 0 Å². The Balaban J connectivity index is 2.91. The van der Waals surface area contributed by atoms with Crippen LogP contribution in [-0.2, 0) is 0 Å². The summed E-state index contributed by atoms with van der Waals surface area (Å²) in [6.07, 6.45) is 1.12. The van der Waals surface area contributed by atoms with E-state index in [9.17, 15) is 0 Å². The zero-order chi connectivity index (χ0) is 9.84. The maximum absolute atomic E-state index is 5.93. The fraction of sp³-hybridized carbons (Fsp3) is 0.417. The van der Waals surface area contributed by atoms with Gasteiger partial charge in [0.15, 0.2) is 0 Å². The first kappa shape index (κ1) is 10.6. The van der Waals surface area contributed by atoms with Gasteiger partial charge in [0.05, 0.1) is 0 Å². The van der Waals surface area contributed by atoms with Gasteiger partial charge in [-0.25, -0.2) is 0 Å². The molecule has 0 heterocycles. The molecule has 1 radical (unpaired) electrons. The second kappa shape index (κ2) is 4.66. The first-order chi connectivity index (χ1) is 6.15. The van der Waals surface area contributed by atoms with Gasteiger partial charge in [0, 0.05) is 5.02 Å². The first-order valence-corrected chi connectivity index (χ1v) is 5.11. The van der Waals surface area contributed by atoms with Crippen LogP contribution in [0.1, 0.15) is 31.7 Å². The minimum Gasteiger partial charge on any atom is -0.0843 e. The molecule has 2 unspecified atom stereocenters. The van der Waals surface area contributed by atoms with Crippen molar-refractivity contribution in [2.45, 2.75) is 26.2 Å². The third-order valence-corrected chi connectivity index (χ3v) is 2.64. The number of halogens is 1. The van der Waals surface area contributed by atoms with Crippen LogP contribution in [0.3, 0.4) is 0 Å². The molecule has 0 saturated carbocycles. The molecule has 0 N–H and O–H groups in total. The van der Waals surface area contributed by atoms with E-state index >= 15 is 0 Å². The van der Waals surface area contributed by atoms with E-state index in [2.05, 4.69) is 26.8 Å². The van der Waals surface area contributed by atoms with Crippen LogP contribution in [0.15, 0.2) is 24.3 Å². The molecule has 0 bridgehead atoms. The molecular weight excluding hydrogens is 180 g/mol. The molecule has 0 fully saturated rings. The fourth-order valence-corrected chi connectivity index (χ4v) is 1.90. The highest BCUT2D eigenvalue weighted by molar-refractivity contribution is 6.30. The third-order valence-electron chi connectivity index (χ3n) is 2.40. The molecule has 0 nitrogen and oxygen atoms in total. The zero-order valence-electron chi connectivity index (χ0n) is 8.26. The average Bonchev–Trinajstić information content (AvgIpc) is 2.04. The van der Waals surface area contributed by atoms with Crippen LogP contribution >= 0.6 is 11.6 Å².